The first kappa shape index (κ1) is 26.5. The Kier molecular flexibility index (Phi) is 6.28. The van der Waals surface area contributed by atoms with Crippen molar-refractivity contribution in [2.24, 2.45) is 0 Å². The van der Waals surface area contributed by atoms with Crippen molar-refractivity contribution in [3.63, 3.8) is 0 Å². The fraction of sp³-hybridized carbons (Fsp3) is 0. The lowest BCUT2D eigenvalue weighted by atomic mass is 10.0. The Balaban J connectivity index is 1.08. The molecule has 0 aliphatic carbocycles. The zero-order valence-corrected chi connectivity index (χ0v) is 25.5. The Labute approximate surface area is 269 Å². The Morgan fingerprint density at radius 1 is 0.413 bits per heavy atom. The lowest BCUT2D eigenvalue weighted by Crippen LogP contribution is -1.99. The van der Waals surface area contributed by atoms with E-state index < -0.39 is 0 Å². The standard InChI is InChI=1S/C41H26N4S/c1-2-10-29(11-3-1)39-42-40(44-41(43-39)38-26-31-12-4-9-17-37(31)46-38)30-20-18-27(19-21-30)28-22-24-32(25-23-28)45-35-15-7-5-13-33(35)34-14-6-8-16-36(34)45/h1-26H. The van der Waals surface area contributed by atoms with Crippen molar-refractivity contribution in [2.45, 2.75) is 0 Å². The Morgan fingerprint density at radius 2 is 0.913 bits per heavy atom. The minimum absolute atomic E-state index is 0.662. The molecular formula is C41H26N4S. The molecule has 0 aliphatic heterocycles. The van der Waals surface area contributed by atoms with Crippen molar-refractivity contribution in [2.75, 3.05) is 0 Å². The van der Waals surface area contributed by atoms with E-state index in [1.165, 1.54) is 31.9 Å². The summed E-state index contributed by atoms with van der Waals surface area (Å²) < 4.78 is 3.56. The molecule has 4 nitrogen and oxygen atoms in total. The topological polar surface area (TPSA) is 43.6 Å². The highest BCUT2D eigenvalue weighted by atomic mass is 32.1. The quantitative estimate of drug-likeness (QED) is 0.196. The van der Waals surface area contributed by atoms with E-state index in [0.717, 1.165) is 32.8 Å². The van der Waals surface area contributed by atoms with Gasteiger partial charge in [0.05, 0.1) is 15.9 Å². The van der Waals surface area contributed by atoms with E-state index in [4.69, 9.17) is 15.0 Å². The van der Waals surface area contributed by atoms with Gasteiger partial charge in [-0.2, -0.15) is 0 Å². The Morgan fingerprint density at radius 3 is 1.57 bits per heavy atom. The molecule has 0 spiro atoms. The zero-order chi connectivity index (χ0) is 30.5. The molecule has 0 saturated carbocycles. The third-order valence-corrected chi connectivity index (χ3v) is 9.61. The minimum Gasteiger partial charge on any atom is -0.309 e. The van der Waals surface area contributed by atoms with Crippen LogP contribution in [0, 0.1) is 0 Å². The van der Waals surface area contributed by atoms with Crippen LogP contribution in [0.5, 0.6) is 0 Å². The highest BCUT2D eigenvalue weighted by molar-refractivity contribution is 7.22. The van der Waals surface area contributed by atoms with Crippen LogP contribution < -0.4 is 0 Å². The molecule has 0 saturated heterocycles. The highest BCUT2D eigenvalue weighted by Crippen LogP contribution is 2.35. The number of aromatic nitrogens is 4. The summed E-state index contributed by atoms with van der Waals surface area (Å²) in [6.45, 7) is 0. The third kappa shape index (κ3) is 4.57. The predicted octanol–water partition coefficient (Wildman–Crippen LogP) is 10.9. The molecule has 0 bridgehead atoms. The van der Waals surface area contributed by atoms with Crippen LogP contribution >= 0.6 is 11.3 Å². The third-order valence-electron chi connectivity index (χ3n) is 8.50. The maximum Gasteiger partial charge on any atom is 0.174 e. The molecule has 0 radical (unpaired) electrons. The number of nitrogens with zero attached hydrogens (tertiary/aromatic N) is 4. The second kappa shape index (κ2) is 10.9. The van der Waals surface area contributed by atoms with Crippen molar-refractivity contribution < 1.29 is 0 Å². The molecule has 0 atom stereocenters. The molecule has 9 rings (SSSR count). The fourth-order valence-corrected chi connectivity index (χ4v) is 7.24. The number of hydrogen-bond acceptors (Lipinski definition) is 4. The Hall–Kier alpha value is -5.91. The maximum atomic E-state index is 4.97. The van der Waals surface area contributed by atoms with Gasteiger partial charge in [0.15, 0.2) is 17.5 Å². The van der Waals surface area contributed by atoms with Crippen molar-refractivity contribution in [1.29, 1.82) is 0 Å². The molecule has 6 aromatic carbocycles. The molecule has 0 N–H and O–H groups in total. The zero-order valence-electron chi connectivity index (χ0n) is 24.7. The van der Waals surface area contributed by atoms with Crippen LogP contribution in [0.2, 0.25) is 0 Å². The summed E-state index contributed by atoms with van der Waals surface area (Å²) in [6.07, 6.45) is 0. The monoisotopic (exact) mass is 606 g/mol. The average molecular weight is 607 g/mol. The molecule has 5 heteroatoms. The second-order valence-corrected chi connectivity index (χ2v) is 12.4. The molecule has 46 heavy (non-hydrogen) atoms. The number of benzene rings is 6. The molecule has 216 valence electrons. The SMILES string of the molecule is c1ccc(-c2nc(-c3ccc(-c4ccc(-n5c6ccccc6c6ccccc65)cc4)cc3)nc(-c3cc4ccccc4s3)n2)cc1. The van der Waals surface area contributed by atoms with E-state index in [2.05, 4.69) is 132 Å². The summed E-state index contributed by atoms with van der Waals surface area (Å²) in [6, 6.07) is 55.2. The molecule has 0 amide bonds. The van der Waals surface area contributed by atoms with E-state index in [1.54, 1.807) is 11.3 Å². The number of hydrogen-bond donors (Lipinski definition) is 0. The van der Waals surface area contributed by atoms with Crippen molar-refractivity contribution in [1.82, 2.24) is 19.5 Å². The van der Waals surface area contributed by atoms with Crippen LogP contribution in [0.3, 0.4) is 0 Å². The molecule has 0 fully saturated rings. The Bertz CT molecular complexity index is 2420. The van der Waals surface area contributed by atoms with Gasteiger partial charge in [0.25, 0.3) is 0 Å². The van der Waals surface area contributed by atoms with Gasteiger partial charge in [-0.15, -0.1) is 11.3 Å². The molecule has 3 heterocycles. The van der Waals surface area contributed by atoms with Crippen LogP contribution in [-0.2, 0) is 0 Å². The second-order valence-electron chi connectivity index (χ2n) is 11.3. The number of fused-ring (bicyclic) bond motifs is 4. The van der Waals surface area contributed by atoms with Gasteiger partial charge in [0.2, 0.25) is 0 Å². The molecular weight excluding hydrogens is 581 g/mol. The summed E-state index contributed by atoms with van der Waals surface area (Å²) in [5.41, 5.74) is 7.78. The van der Waals surface area contributed by atoms with Crippen molar-refractivity contribution in [3.05, 3.63) is 158 Å². The van der Waals surface area contributed by atoms with Gasteiger partial charge in [0.1, 0.15) is 0 Å². The van der Waals surface area contributed by atoms with Crippen LogP contribution in [0.15, 0.2) is 158 Å². The van der Waals surface area contributed by atoms with Crippen LogP contribution in [0.25, 0.3) is 82.2 Å². The van der Waals surface area contributed by atoms with E-state index in [0.29, 0.717) is 17.5 Å². The summed E-state index contributed by atoms with van der Waals surface area (Å²) in [5.74, 6) is 2.02. The van der Waals surface area contributed by atoms with Crippen LogP contribution in [0.1, 0.15) is 0 Å². The van der Waals surface area contributed by atoms with Gasteiger partial charge in [-0.3, -0.25) is 0 Å². The van der Waals surface area contributed by atoms with Gasteiger partial charge in [-0.05, 0) is 52.9 Å². The minimum atomic E-state index is 0.662. The summed E-state index contributed by atoms with van der Waals surface area (Å²) in [7, 11) is 0. The smallest absolute Gasteiger partial charge is 0.174 e. The van der Waals surface area contributed by atoms with Crippen LogP contribution in [0.4, 0.5) is 0 Å². The normalized spacial score (nSPS) is 11.5. The van der Waals surface area contributed by atoms with Gasteiger partial charge < -0.3 is 4.57 Å². The van der Waals surface area contributed by atoms with E-state index in [9.17, 15) is 0 Å². The molecule has 3 aromatic heterocycles. The highest BCUT2D eigenvalue weighted by Gasteiger charge is 2.15. The van der Waals surface area contributed by atoms with Gasteiger partial charge in [-0.1, -0.05) is 121 Å². The van der Waals surface area contributed by atoms with Gasteiger partial charge >= 0.3 is 0 Å². The summed E-state index contributed by atoms with van der Waals surface area (Å²) >= 11 is 1.70. The van der Waals surface area contributed by atoms with Crippen molar-refractivity contribution in [3.8, 4) is 50.3 Å². The first-order valence-corrected chi connectivity index (χ1v) is 16.1. The predicted molar refractivity (Wildman–Crippen MR) is 191 cm³/mol. The molecule has 0 unspecified atom stereocenters. The summed E-state index contributed by atoms with van der Waals surface area (Å²) in [5, 5.41) is 3.73. The van der Waals surface area contributed by atoms with Crippen molar-refractivity contribution >= 4 is 43.2 Å². The van der Waals surface area contributed by atoms with Crippen LogP contribution in [-0.4, -0.2) is 19.5 Å². The van der Waals surface area contributed by atoms with E-state index >= 15 is 0 Å². The first-order chi connectivity index (χ1) is 22.8. The largest absolute Gasteiger partial charge is 0.309 e. The van der Waals surface area contributed by atoms with E-state index in [-0.39, 0.29) is 0 Å². The van der Waals surface area contributed by atoms with E-state index in [1.807, 2.05) is 30.3 Å². The summed E-state index contributed by atoms with van der Waals surface area (Å²) in [4.78, 5) is 15.8. The number of rotatable bonds is 5. The maximum absolute atomic E-state index is 4.97. The average Bonchev–Trinajstić information content (AvgIpc) is 3.72. The number of thiophene rings is 1. The first-order valence-electron chi connectivity index (χ1n) is 15.3. The lowest BCUT2D eigenvalue weighted by Gasteiger charge is -2.10. The molecule has 0 aliphatic rings. The van der Waals surface area contributed by atoms with Gasteiger partial charge in [-0.25, -0.2) is 15.0 Å². The lowest BCUT2D eigenvalue weighted by molar-refractivity contribution is 1.08. The molecule has 9 aromatic rings. The fourth-order valence-electron chi connectivity index (χ4n) is 6.24. The van der Waals surface area contributed by atoms with Gasteiger partial charge in [0, 0.05) is 32.3 Å². The number of para-hydroxylation sites is 2.